The first-order valence-corrected chi connectivity index (χ1v) is 6.35. The van der Waals surface area contributed by atoms with E-state index in [1.165, 1.54) is 44.9 Å². The number of unbranched alkanes of at least 4 members (excludes halogenated alkanes) is 1. The molecule has 2 atom stereocenters. The van der Waals surface area contributed by atoms with Crippen LogP contribution in [0.15, 0.2) is 12.7 Å². The van der Waals surface area contributed by atoms with Crippen molar-refractivity contribution in [1.82, 2.24) is 0 Å². The second-order valence-electron chi connectivity index (χ2n) is 4.62. The highest BCUT2D eigenvalue weighted by molar-refractivity contribution is 4.72. The molecule has 0 amide bonds. The van der Waals surface area contributed by atoms with E-state index in [1.54, 1.807) is 0 Å². The summed E-state index contributed by atoms with van der Waals surface area (Å²) in [7, 11) is 0. The highest BCUT2D eigenvalue weighted by atomic mass is 14.1. The molecular weight excluding hydrogens is 168 g/mol. The van der Waals surface area contributed by atoms with Crippen molar-refractivity contribution in [2.24, 2.45) is 11.8 Å². The molecule has 0 aromatic heterocycles. The van der Waals surface area contributed by atoms with E-state index in [4.69, 9.17) is 0 Å². The zero-order valence-electron chi connectivity index (χ0n) is 10.4. The molecule has 0 aliphatic carbocycles. The van der Waals surface area contributed by atoms with Gasteiger partial charge in [-0.05, 0) is 24.7 Å². The van der Waals surface area contributed by atoms with Crippen molar-refractivity contribution < 1.29 is 0 Å². The van der Waals surface area contributed by atoms with Gasteiger partial charge in [0.05, 0.1) is 0 Å². The normalized spacial score (nSPS) is 15.1. The third-order valence-corrected chi connectivity index (χ3v) is 3.20. The molecule has 0 heteroatoms. The molecule has 0 fully saturated rings. The summed E-state index contributed by atoms with van der Waals surface area (Å²) >= 11 is 0. The van der Waals surface area contributed by atoms with Gasteiger partial charge in [-0.3, -0.25) is 0 Å². The van der Waals surface area contributed by atoms with Crippen molar-refractivity contribution in [3.05, 3.63) is 12.7 Å². The standard InChI is InChI=1S/C14H28/c1-5-8-10-13(4)11-12-14(7-3)9-6-2/h6,13-14H,2,5,7-12H2,1,3-4H3. The van der Waals surface area contributed by atoms with Crippen LogP contribution in [0, 0.1) is 11.8 Å². The smallest absolute Gasteiger partial charge is 0.0325 e. The molecule has 0 saturated carbocycles. The molecule has 0 spiro atoms. The Bertz CT molecular complexity index is 126. The monoisotopic (exact) mass is 196 g/mol. The average molecular weight is 196 g/mol. The molecular formula is C14H28. The van der Waals surface area contributed by atoms with Gasteiger partial charge >= 0.3 is 0 Å². The van der Waals surface area contributed by atoms with Gasteiger partial charge < -0.3 is 0 Å². The average Bonchev–Trinajstić information content (AvgIpc) is 2.21. The Morgan fingerprint density at radius 1 is 1.14 bits per heavy atom. The highest BCUT2D eigenvalue weighted by Gasteiger charge is 2.07. The molecule has 0 nitrogen and oxygen atoms in total. The van der Waals surface area contributed by atoms with Crippen LogP contribution < -0.4 is 0 Å². The van der Waals surface area contributed by atoms with Gasteiger partial charge in [0, 0.05) is 0 Å². The van der Waals surface area contributed by atoms with Crippen LogP contribution in [-0.2, 0) is 0 Å². The maximum absolute atomic E-state index is 3.83. The third-order valence-electron chi connectivity index (χ3n) is 3.20. The Morgan fingerprint density at radius 2 is 1.86 bits per heavy atom. The molecule has 0 radical (unpaired) electrons. The van der Waals surface area contributed by atoms with Crippen LogP contribution in [0.5, 0.6) is 0 Å². The molecule has 0 aliphatic heterocycles. The SMILES string of the molecule is C=CCC(CC)CCC(C)CCCC. The highest BCUT2D eigenvalue weighted by Crippen LogP contribution is 2.21. The fourth-order valence-electron chi connectivity index (χ4n) is 1.94. The van der Waals surface area contributed by atoms with Gasteiger partial charge in [-0.25, -0.2) is 0 Å². The summed E-state index contributed by atoms with van der Waals surface area (Å²) in [6.45, 7) is 10.8. The molecule has 0 aromatic carbocycles. The van der Waals surface area contributed by atoms with Crippen LogP contribution in [-0.4, -0.2) is 0 Å². The largest absolute Gasteiger partial charge is 0.103 e. The van der Waals surface area contributed by atoms with Crippen LogP contribution in [0.2, 0.25) is 0 Å². The van der Waals surface area contributed by atoms with Crippen molar-refractivity contribution in [3.63, 3.8) is 0 Å². The lowest BCUT2D eigenvalue weighted by Crippen LogP contribution is -2.02. The maximum atomic E-state index is 3.83. The van der Waals surface area contributed by atoms with Gasteiger partial charge in [-0.1, -0.05) is 59.0 Å². The van der Waals surface area contributed by atoms with Crippen molar-refractivity contribution >= 4 is 0 Å². The van der Waals surface area contributed by atoms with Crippen molar-refractivity contribution in [1.29, 1.82) is 0 Å². The van der Waals surface area contributed by atoms with Crippen LogP contribution in [0.3, 0.4) is 0 Å². The Morgan fingerprint density at radius 3 is 2.36 bits per heavy atom. The van der Waals surface area contributed by atoms with Gasteiger partial charge in [0.2, 0.25) is 0 Å². The summed E-state index contributed by atoms with van der Waals surface area (Å²) in [5.74, 6) is 1.81. The van der Waals surface area contributed by atoms with E-state index in [1.807, 2.05) is 0 Å². The number of rotatable bonds is 9. The zero-order chi connectivity index (χ0) is 10.8. The second kappa shape index (κ2) is 9.30. The Balaban J connectivity index is 3.51. The lowest BCUT2D eigenvalue weighted by atomic mass is 9.90. The van der Waals surface area contributed by atoms with Gasteiger partial charge in [0.1, 0.15) is 0 Å². The lowest BCUT2D eigenvalue weighted by Gasteiger charge is -2.16. The molecule has 0 heterocycles. The van der Waals surface area contributed by atoms with E-state index < -0.39 is 0 Å². The summed E-state index contributed by atoms with van der Waals surface area (Å²) < 4.78 is 0. The van der Waals surface area contributed by atoms with Crippen LogP contribution in [0.1, 0.15) is 65.7 Å². The van der Waals surface area contributed by atoms with E-state index in [0.717, 1.165) is 11.8 Å². The third kappa shape index (κ3) is 7.17. The predicted octanol–water partition coefficient (Wildman–Crippen LogP) is 5.20. The molecule has 0 N–H and O–H groups in total. The molecule has 0 aromatic rings. The zero-order valence-corrected chi connectivity index (χ0v) is 10.4. The van der Waals surface area contributed by atoms with E-state index >= 15 is 0 Å². The van der Waals surface area contributed by atoms with Crippen LogP contribution >= 0.6 is 0 Å². The second-order valence-corrected chi connectivity index (χ2v) is 4.62. The molecule has 0 rings (SSSR count). The van der Waals surface area contributed by atoms with E-state index in [0.29, 0.717) is 0 Å². The van der Waals surface area contributed by atoms with Crippen molar-refractivity contribution in [3.8, 4) is 0 Å². The minimum atomic E-state index is 0.886. The van der Waals surface area contributed by atoms with Gasteiger partial charge in [0.25, 0.3) is 0 Å². The maximum Gasteiger partial charge on any atom is -0.0325 e. The Labute approximate surface area is 90.8 Å². The van der Waals surface area contributed by atoms with Gasteiger partial charge in [0.15, 0.2) is 0 Å². The molecule has 2 unspecified atom stereocenters. The summed E-state index contributed by atoms with van der Waals surface area (Å²) in [6, 6.07) is 0. The van der Waals surface area contributed by atoms with Crippen molar-refractivity contribution in [2.75, 3.05) is 0 Å². The van der Waals surface area contributed by atoms with Gasteiger partial charge in [-0.2, -0.15) is 0 Å². The molecule has 0 saturated heterocycles. The number of allylic oxidation sites excluding steroid dienone is 1. The summed E-state index contributed by atoms with van der Waals surface area (Å²) in [5, 5.41) is 0. The summed E-state index contributed by atoms with van der Waals surface area (Å²) in [5.41, 5.74) is 0. The number of hydrogen-bond acceptors (Lipinski definition) is 0. The lowest BCUT2D eigenvalue weighted by molar-refractivity contribution is 0.382. The molecule has 0 bridgehead atoms. The van der Waals surface area contributed by atoms with Crippen molar-refractivity contribution in [2.45, 2.75) is 65.7 Å². The first kappa shape index (κ1) is 13.7. The Hall–Kier alpha value is -0.260. The number of hydrogen-bond donors (Lipinski definition) is 0. The molecule has 84 valence electrons. The first-order chi connectivity index (χ1) is 6.74. The summed E-state index contributed by atoms with van der Waals surface area (Å²) in [4.78, 5) is 0. The topological polar surface area (TPSA) is 0 Å². The summed E-state index contributed by atoms with van der Waals surface area (Å²) in [6.07, 6.45) is 11.6. The predicted molar refractivity (Wildman–Crippen MR) is 66.5 cm³/mol. The van der Waals surface area contributed by atoms with E-state index in [9.17, 15) is 0 Å². The molecule has 14 heavy (non-hydrogen) atoms. The van der Waals surface area contributed by atoms with Crippen LogP contribution in [0.25, 0.3) is 0 Å². The quantitative estimate of drug-likeness (QED) is 0.445. The fraction of sp³-hybridized carbons (Fsp3) is 0.857. The fourth-order valence-corrected chi connectivity index (χ4v) is 1.94. The molecule has 0 aliphatic rings. The van der Waals surface area contributed by atoms with Crippen LogP contribution in [0.4, 0.5) is 0 Å². The first-order valence-electron chi connectivity index (χ1n) is 6.35. The van der Waals surface area contributed by atoms with Gasteiger partial charge in [-0.15, -0.1) is 6.58 Å². The van der Waals surface area contributed by atoms with E-state index in [2.05, 4.69) is 33.4 Å². The van der Waals surface area contributed by atoms with E-state index in [-0.39, 0.29) is 0 Å². The minimum Gasteiger partial charge on any atom is -0.103 e. The Kier molecular flexibility index (Phi) is 9.13. The minimum absolute atomic E-state index is 0.886.